The number of nitrogens with one attached hydrogen (secondary N) is 1. The number of sulfonamides is 1. The van der Waals surface area contributed by atoms with Crippen molar-refractivity contribution in [2.75, 3.05) is 20.6 Å². The molecule has 1 unspecified atom stereocenters. The largest absolute Gasteiger partial charge is 0.308 e. The lowest BCUT2D eigenvalue weighted by Gasteiger charge is -2.19. The second-order valence-electron chi connectivity index (χ2n) is 5.11. The van der Waals surface area contributed by atoms with Gasteiger partial charge >= 0.3 is 5.69 Å². The summed E-state index contributed by atoms with van der Waals surface area (Å²) in [5.74, 6) is -1.06. The van der Waals surface area contributed by atoms with Gasteiger partial charge in [0.25, 0.3) is 0 Å². The van der Waals surface area contributed by atoms with Crippen molar-refractivity contribution in [1.82, 2.24) is 9.62 Å². The standard InChI is InChI=1S/C12H18FN3O4S/c1-8-5-10(13)11(16(17)18)6-12(8)21(19,20)14-9(2)7-15(3)4/h5-6,9,14H,7H2,1-4H3. The van der Waals surface area contributed by atoms with E-state index < -0.39 is 32.5 Å². The number of aryl methyl sites for hydroxylation is 1. The number of hydrogen-bond acceptors (Lipinski definition) is 5. The van der Waals surface area contributed by atoms with Gasteiger partial charge in [-0.15, -0.1) is 0 Å². The van der Waals surface area contributed by atoms with E-state index in [0.717, 1.165) is 12.1 Å². The van der Waals surface area contributed by atoms with Crippen LogP contribution in [0.1, 0.15) is 12.5 Å². The first-order chi connectivity index (χ1) is 9.54. The summed E-state index contributed by atoms with van der Waals surface area (Å²) in [6.07, 6.45) is 0. The summed E-state index contributed by atoms with van der Waals surface area (Å²) >= 11 is 0. The van der Waals surface area contributed by atoms with Crippen LogP contribution in [-0.2, 0) is 10.0 Å². The van der Waals surface area contributed by atoms with Crippen molar-refractivity contribution in [3.63, 3.8) is 0 Å². The molecule has 7 nitrogen and oxygen atoms in total. The first kappa shape index (κ1) is 17.5. The zero-order chi connectivity index (χ0) is 16.4. The second-order valence-corrected chi connectivity index (χ2v) is 6.79. The summed E-state index contributed by atoms with van der Waals surface area (Å²) in [6, 6.07) is 1.20. The highest BCUT2D eigenvalue weighted by Crippen LogP contribution is 2.25. The lowest BCUT2D eigenvalue weighted by Crippen LogP contribution is -2.39. The van der Waals surface area contributed by atoms with E-state index in [-0.39, 0.29) is 10.5 Å². The molecule has 1 aromatic rings. The SMILES string of the molecule is Cc1cc(F)c([N+](=O)[O-])cc1S(=O)(=O)NC(C)CN(C)C. The zero-order valence-electron chi connectivity index (χ0n) is 12.3. The van der Waals surface area contributed by atoms with E-state index in [9.17, 15) is 22.9 Å². The molecule has 0 heterocycles. The molecular weight excluding hydrogens is 301 g/mol. The minimum absolute atomic E-state index is 0.114. The lowest BCUT2D eigenvalue weighted by molar-refractivity contribution is -0.387. The third kappa shape index (κ3) is 4.45. The van der Waals surface area contributed by atoms with Gasteiger partial charge in [0.15, 0.2) is 0 Å². The van der Waals surface area contributed by atoms with Crippen molar-refractivity contribution in [1.29, 1.82) is 0 Å². The van der Waals surface area contributed by atoms with Crippen LogP contribution in [0.4, 0.5) is 10.1 Å². The normalized spacial score (nSPS) is 13.4. The maximum absolute atomic E-state index is 13.4. The second kappa shape index (κ2) is 6.46. The molecule has 0 spiro atoms. The fourth-order valence-electron chi connectivity index (χ4n) is 1.98. The Morgan fingerprint density at radius 3 is 2.48 bits per heavy atom. The number of likely N-dealkylation sites (N-methyl/N-ethyl adjacent to an activating group) is 1. The van der Waals surface area contributed by atoms with Crippen molar-refractivity contribution in [3.8, 4) is 0 Å². The Labute approximate surface area is 123 Å². The summed E-state index contributed by atoms with van der Waals surface area (Å²) in [7, 11) is -0.375. The Bertz CT molecular complexity index is 646. The zero-order valence-corrected chi connectivity index (χ0v) is 13.1. The molecule has 0 aliphatic carbocycles. The van der Waals surface area contributed by atoms with E-state index in [1.165, 1.54) is 6.92 Å². The fraction of sp³-hybridized carbons (Fsp3) is 0.500. The Morgan fingerprint density at radius 1 is 1.43 bits per heavy atom. The molecule has 1 atom stereocenters. The Hall–Kier alpha value is -1.58. The summed E-state index contributed by atoms with van der Waals surface area (Å²) in [5, 5.41) is 10.7. The van der Waals surface area contributed by atoms with Crippen molar-refractivity contribution >= 4 is 15.7 Å². The van der Waals surface area contributed by atoms with Gasteiger partial charge in [-0.2, -0.15) is 4.39 Å². The first-order valence-electron chi connectivity index (χ1n) is 6.16. The van der Waals surface area contributed by atoms with Gasteiger partial charge in [0.2, 0.25) is 15.8 Å². The maximum Gasteiger partial charge on any atom is 0.306 e. The number of halogens is 1. The molecule has 118 valence electrons. The number of nitro groups is 1. The van der Waals surface area contributed by atoms with E-state index in [1.807, 2.05) is 0 Å². The summed E-state index contributed by atoms with van der Waals surface area (Å²) in [6.45, 7) is 3.52. The Kier molecular flexibility index (Phi) is 5.37. The molecule has 0 aliphatic rings. The van der Waals surface area contributed by atoms with E-state index in [1.54, 1.807) is 25.9 Å². The highest BCUT2D eigenvalue weighted by Gasteiger charge is 2.25. The minimum atomic E-state index is -3.96. The number of benzene rings is 1. The molecular formula is C12H18FN3O4S. The van der Waals surface area contributed by atoms with Crippen LogP contribution in [0.3, 0.4) is 0 Å². The van der Waals surface area contributed by atoms with Crippen LogP contribution in [0.15, 0.2) is 17.0 Å². The number of nitrogens with zero attached hydrogens (tertiary/aromatic N) is 2. The molecule has 0 aromatic heterocycles. The molecule has 0 fully saturated rings. The average Bonchev–Trinajstić information content (AvgIpc) is 2.25. The van der Waals surface area contributed by atoms with Crippen molar-refractivity contribution in [2.45, 2.75) is 24.8 Å². The molecule has 0 amide bonds. The van der Waals surface area contributed by atoms with Crippen molar-refractivity contribution < 1.29 is 17.7 Å². The quantitative estimate of drug-likeness (QED) is 0.629. The van der Waals surface area contributed by atoms with Crippen LogP contribution in [0.2, 0.25) is 0 Å². The van der Waals surface area contributed by atoms with Crippen LogP contribution < -0.4 is 4.72 Å². The summed E-state index contributed by atoms with van der Waals surface area (Å²) in [4.78, 5) is 11.3. The van der Waals surface area contributed by atoms with E-state index in [4.69, 9.17) is 0 Å². The molecule has 0 radical (unpaired) electrons. The molecule has 1 rings (SSSR count). The molecule has 0 bridgehead atoms. The predicted octanol–water partition coefficient (Wildman–Crippen LogP) is 1.27. The first-order valence-corrected chi connectivity index (χ1v) is 7.64. The van der Waals surface area contributed by atoms with Gasteiger partial charge in [-0.1, -0.05) is 0 Å². The smallest absolute Gasteiger partial charge is 0.306 e. The molecule has 21 heavy (non-hydrogen) atoms. The number of nitro benzene ring substituents is 1. The maximum atomic E-state index is 13.4. The van der Waals surface area contributed by atoms with Gasteiger partial charge < -0.3 is 4.90 Å². The topological polar surface area (TPSA) is 92.5 Å². The molecule has 1 N–H and O–H groups in total. The lowest BCUT2D eigenvalue weighted by atomic mass is 10.2. The monoisotopic (exact) mass is 319 g/mol. The predicted molar refractivity (Wildman–Crippen MR) is 76.1 cm³/mol. The van der Waals surface area contributed by atoms with Crippen LogP contribution in [0.25, 0.3) is 0 Å². The molecule has 0 saturated heterocycles. The van der Waals surface area contributed by atoms with Crippen molar-refractivity contribution in [2.24, 2.45) is 0 Å². The third-order valence-electron chi connectivity index (χ3n) is 2.73. The van der Waals surface area contributed by atoms with Gasteiger partial charge in [-0.05, 0) is 39.6 Å². The highest BCUT2D eigenvalue weighted by molar-refractivity contribution is 7.89. The van der Waals surface area contributed by atoms with Gasteiger partial charge in [0, 0.05) is 18.7 Å². The summed E-state index contributed by atoms with van der Waals surface area (Å²) in [5.41, 5.74) is -0.746. The van der Waals surface area contributed by atoms with E-state index >= 15 is 0 Å². The number of rotatable bonds is 6. The molecule has 1 aromatic carbocycles. The van der Waals surface area contributed by atoms with Gasteiger partial charge in [0.1, 0.15) is 0 Å². The summed E-state index contributed by atoms with van der Waals surface area (Å²) < 4.78 is 40.4. The highest BCUT2D eigenvalue weighted by atomic mass is 32.2. The van der Waals surface area contributed by atoms with Crippen LogP contribution in [0.5, 0.6) is 0 Å². The molecule has 0 aliphatic heterocycles. The van der Waals surface area contributed by atoms with Crippen molar-refractivity contribution in [3.05, 3.63) is 33.6 Å². The van der Waals surface area contributed by atoms with Crippen LogP contribution in [0, 0.1) is 22.9 Å². The van der Waals surface area contributed by atoms with Gasteiger partial charge in [-0.25, -0.2) is 13.1 Å². The Balaban J connectivity index is 3.19. The number of hydrogen-bond donors (Lipinski definition) is 1. The van der Waals surface area contributed by atoms with Crippen LogP contribution >= 0.6 is 0 Å². The van der Waals surface area contributed by atoms with Gasteiger partial charge in [0.05, 0.1) is 9.82 Å². The van der Waals surface area contributed by atoms with E-state index in [2.05, 4.69) is 4.72 Å². The third-order valence-corrected chi connectivity index (χ3v) is 4.46. The Morgan fingerprint density at radius 2 is 2.00 bits per heavy atom. The fourth-order valence-corrected chi connectivity index (χ4v) is 3.47. The van der Waals surface area contributed by atoms with Gasteiger partial charge in [-0.3, -0.25) is 10.1 Å². The minimum Gasteiger partial charge on any atom is -0.308 e. The van der Waals surface area contributed by atoms with Crippen LogP contribution in [-0.4, -0.2) is 44.9 Å². The molecule has 0 saturated carbocycles. The average molecular weight is 319 g/mol. The van der Waals surface area contributed by atoms with E-state index in [0.29, 0.717) is 6.54 Å². The molecule has 9 heteroatoms.